The van der Waals surface area contributed by atoms with Gasteiger partial charge in [-0.1, -0.05) is 20.8 Å². The summed E-state index contributed by atoms with van der Waals surface area (Å²) in [5.41, 5.74) is 0.563. The number of hydrogen-bond donors (Lipinski definition) is 1. The van der Waals surface area contributed by atoms with Gasteiger partial charge < -0.3 is 10.1 Å². The fraction of sp³-hybridized carbons (Fsp3) is 1.00. The molecule has 1 rings (SSSR count). The third-order valence-electron chi connectivity index (χ3n) is 3.38. The number of nitrogens with one attached hydrogen (secondary N) is 1. The first kappa shape index (κ1) is 12.0. The van der Waals surface area contributed by atoms with Gasteiger partial charge in [0, 0.05) is 13.7 Å². The predicted octanol–water partition coefficient (Wildman–Crippen LogP) is 2.29. The molecule has 2 unspecified atom stereocenters. The maximum Gasteiger partial charge on any atom is 0.0587 e. The zero-order valence-electron chi connectivity index (χ0n) is 10.1. The second kappa shape index (κ2) is 5.13. The van der Waals surface area contributed by atoms with Gasteiger partial charge in [0.1, 0.15) is 0 Å². The molecule has 2 heteroatoms. The van der Waals surface area contributed by atoms with E-state index in [4.69, 9.17) is 4.74 Å². The van der Waals surface area contributed by atoms with E-state index >= 15 is 0 Å². The van der Waals surface area contributed by atoms with Gasteiger partial charge in [-0.2, -0.15) is 0 Å². The molecule has 0 bridgehead atoms. The minimum atomic E-state index is 0.563. The van der Waals surface area contributed by atoms with E-state index in [0.717, 1.165) is 31.5 Å². The molecule has 0 aromatic carbocycles. The van der Waals surface area contributed by atoms with Crippen LogP contribution in [0.5, 0.6) is 0 Å². The standard InChI is InChI=1S/C12H25NO/c1-10-7-12(2,3)8-11(10)9-13-5-6-14-4/h10-11,13H,5-9H2,1-4H3. The molecule has 0 aromatic heterocycles. The SMILES string of the molecule is COCCNCC1CC(C)(C)CC1C. The van der Waals surface area contributed by atoms with Crippen LogP contribution in [0, 0.1) is 17.3 Å². The first-order valence-corrected chi connectivity index (χ1v) is 5.75. The van der Waals surface area contributed by atoms with E-state index in [1.54, 1.807) is 7.11 Å². The lowest BCUT2D eigenvalue weighted by Crippen LogP contribution is -2.27. The van der Waals surface area contributed by atoms with Crippen molar-refractivity contribution in [2.24, 2.45) is 17.3 Å². The molecule has 0 amide bonds. The van der Waals surface area contributed by atoms with Crippen LogP contribution in [0.1, 0.15) is 33.6 Å². The van der Waals surface area contributed by atoms with Gasteiger partial charge in [0.15, 0.2) is 0 Å². The first-order chi connectivity index (χ1) is 6.55. The average Bonchev–Trinajstić information content (AvgIpc) is 2.34. The predicted molar refractivity (Wildman–Crippen MR) is 60.4 cm³/mol. The molecular weight excluding hydrogens is 174 g/mol. The quantitative estimate of drug-likeness (QED) is 0.686. The summed E-state index contributed by atoms with van der Waals surface area (Å²) in [6.07, 6.45) is 2.75. The van der Waals surface area contributed by atoms with Crippen LogP contribution in [-0.4, -0.2) is 26.8 Å². The van der Waals surface area contributed by atoms with Crippen molar-refractivity contribution in [3.8, 4) is 0 Å². The first-order valence-electron chi connectivity index (χ1n) is 5.75. The Labute approximate surface area is 88.4 Å². The fourth-order valence-electron chi connectivity index (χ4n) is 2.77. The third-order valence-corrected chi connectivity index (χ3v) is 3.38. The Morgan fingerprint density at radius 2 is 2.07 bits per heavy atom. The largest absolute Gasteiger partial charge is 0.383 e. The van der Waals surface area contributed by atoms with Gasteiger partial charge in [-0.05, 0) is 36.6 Å². The van der Waals surface area contributed by atoms with Crippen molar-refractivity contribution >= 4 is 0 Å². The Morgan fingerprint density at radius 3 is 2.57 bits per heavy atom. The lowest BCUT2D eigenvalue weighted by molar-refractivity contribution is 0.196. The second-order valence-electron chi connectivity index (χ2n) is 5.51. The van der Waals surface area contributed by atoms with Crippen molar-refractivity contribution in [3.63, 3.8) is 0 Å². The average molecular weight is 199 g/mol. The molecular formula is C12H25NO. The van der Waals surface area contributed by atoms with Crippen LogP contribution < -0.4 is 5.32 Å². The molecule has 1 saturated carbocycles. The van der Waals surface area contributed by atoms with Crippen molar-refractivity contribution < 1.29 is 4.74 Å². The van der Waals surface area contributed by atoms with Crippen molar-refractivity contribution in [2.45, 2.75) is 33.6 Å². The van der Waals surface area contributed by atoms with Gasteiger partial charge in [0.2, 0.25) is 0 Å². The fourth-order valence-corrected chi connectivity index (χ4v) is 2.77. The van der Waals surface area contributed by atoms with Crippen molar-refractivity contribution in [1.82, 2.24) is 5.32 Å². The highest BCUT2D eigenvalue weighted by Gasteiger charge is 2.35. The maximum absolute atomic E-state index is 5.01. The van der Waals surface area contributed by atoms with Gasteiger partial charge in [0.05, 0.1) is 6.61 Å². The molecule has 1 aliphatic carbocycles. The molecule has 0 heterocycles. The van der Waals surface area contributed by atoms with E-state index in [2.05, 4.69) is 26.1 Å². The van der Waals surface area contributed by atoms with Crippen molar-refractivity contribution in [3.05, 3.63) is 0 Å². The van der Waals surface area contributed by atoms with Gasteiger partial charge in [-0.3, -0.25) is 0 Å². The molecule has 0 radical (unpaired) electrons. The van der Waals surface area contributed by atoms with Crippen molar-refractivity contribution in [1.29, 1.82) is 0 Å². The van der Waals surface area contributed by atoms with E-state index < -0.39 is 0 Å². The van der Waals surface area contributed by atoms with Crippen LogP contribution in [0.3, 0.4) is 0 Å². The minimum absolute atomic E-state index is 0.563. The van der Waals surface area contributed by atoms with Crippen molar-refractivity contribution in [2.75, 3.05) is 26.8 Å². The third kappa shape index (κ3) is 3.58. The zero-order chi connectivity index (χ0) is 10.6. The van der Waals surface area contributed by atoms with E-state index in [1.807, 2.05) is 0 Å². The van der Waals surface area contributed by atoms with Crippen LogP contribution in [0.15, 0.2) is 0 Å². The molecule has 0 saturated heterocycles. The number of hydrogen-bond acceptors (Lipinski definition) is 2. The van der Waals surface area contributed by atoms with Crippen LogP contribution in [0.4, 0.5) is 0 Å². The number of ether oxygens (including phenoxy) is 1. The smallest absolute Gasteiger partial charge is 0.0587 e. The van der Waals surface area contributed by atoms with Crippen LogP contribution in [-0.2, 0) is 4.74 Å². The number of methoxy groups -OCH3 is 1. The summed E-state index contributed by atoms with van der Waals surface area (Å²) in [5.74, 6) is 1.74. The van der Waals surface area contributed by atoms with Gasteiger partial charge in [0.25, 0.3) is 0 Å². The Morgan fingerprint density at radius 1 is 1.36 bits per heavy atom. The molecule has 84 valence electrons. The molecule has 0 aliphatic heterocycles. The maximum atomic E-state index is 5.01. The summed E-state index contributed by atoms with van der Waals surface area (Å²) < 4.78 is 5.01. The summed E-state index contributed by atoms with van der Waals surface area (Å²) in [6, 6.07) is 0. The Kier molecular flexibility index (Phi) is 4.39. The Balaban J connectivity index is 2.19. The topological polar surface area (TPSA) is 21.3 Å². The highest BCUT2D eigenvalue weighted by atomic mass is 16.5. The van der Waals surface area contributed by atoms with E-state index in [1.165, 1.54) is 12.8 Å². The molecule has 0 aromatic rings. The summed E-state index contributed by atoms with van der Waals surface area (Å²) in [6.45, 7) is 10.1. The summed E-state index contributed by atoms with van der Waals surface area (Å²) >= 11 is 0. The molecule has 1 aliphatic rings. The van der Waals surface area contributed by atoms with E-state index in [-0.39, 0.29) is 0 Å². The summed E-state index contributed by atoms with van der Waals surface area (Å²) in [7, 11) is 1.75. The van der Waals surface area contributed by atoms with Gasteiger partial charge >= 0.3 is 0 Å². The van der Waals surface area contributed by atoms with E-state index in [9.17, 15) is 0 Å². The van der Waals surface area contributed by atoms with Crippen LogP contribution >= 0.6 is 0 Å². The number of rotatable bonds is 5. The highest BCUT2D eigenvalue weighted by molar-refractivity contribution is 4.87. The molecule has 1 fully saturated rings. The molecule has 2 nitrogen and oxygen atoms in total. The van der Waals surface area contributed by atoms with Crippen LogP contribution in [0.2, 0.25) is 0 Å². The molecule has 14 heavy (non-hydrogen) atoms. The van der Waals surface area contributed by atoms with Gasteiger partial charge in [-0.15, -0.1) is 0 Å². The lowest BCUT2D eigenvalue weighted by atomic mass is 9.90. The summed E-state index contributed by atoms with van der Waals surface area (Å²) in [4.78, 5) is 0. The lowest BCUT2D eigenvalue weighted by Gasteiger charge is -2.17. The normalized spacial score (nSPS) is 30.9. The Bertz CT molecular complexity index is 168. The molecule has 1 N–H and O–H groups in total. The molecule has 2 atom stereocenters. The second-order valence-corrected chi connectivity index (χ2v) is 5.51. The Hall–Kier alpha value is -0.0800. The van der Waals surface area contributed by atoms with Crippen LogP contribution in [0.25, 0.3) is 0 Å². The minimum Gasteiger partial charge on any atom is -0.383 e. The van der Waals surface area contributed by atoms with Gasteiger partial charge in [-0.25, -0.2) is 0 Å². The zero-order valence-corrected chi connectivity index (χ0v) is 10.1. The highest BCUT2D eigenvalue weighted by Crippen LogP contribution is 2.44. The molecule has 0 spiro atoms. The summed E-state index contributed by atoms with van der Waals surface area (Å²) in [5, 5.41) is 3.47. The van der Waals surface area contributed by atoms with E-state index in [0.29, 0.717) is 5.41 Å². The monoisotopic (exact) mass is 199 g/mol.